The number of hydrogen-bond acceptors (Lipinski definition) is 4. The molecule has 0 fully saturated rings. The molecular weight excluding hydrogens is 308 g/mol. The van der Waals surface area contributed by atoms with Gasteiger partial charge in [0.05, 0.1) is 19.8 Å². The van der Waals surface area contributed by atoms with Crippen LogP contribution in [0.3, 0.4) is 0 Å². The van der Waals surface area contributed by atoms with E-state index >= 15 is 0 Å². The maximum Gasteiger partial charge on any atom is 0.161 e. The van der Waals surface area contributed by atoms with Gasteiger partial charge in [-0.1, -0.05) is 12.1 Å². The molecule has 2 aromatic carbocycles. The molecule has 1 aliphatic heterocycles. The molecule has 4 heteroatoms. The predicted molar refractivity (Wildman–Crippen MR) is 93.7 cm³/mol. The van der Waals surface area contributed by atoms with Crippen molar-refractivity contribution < 1.29 is 14.2 Å². The van der Waals surface area contributed by atoms with E-state index in [-0.39, 0.29) is 11.7 Å². The average Bonchev–Trinajstić information content (AvgIpc) is 2.84. The van der Waals surface area contributed by atoms with Crippen LogP contribution in [0.15, 0.2) is 41.3 Å². The van der Waals surface area contributed by atoms with E-state index in [0.717, 1.165) is 28.2 Å². The molecule has 1 heterocycles. The summed E-state index contributed by atoms with van der Waals surface area (Å²) in [7, 11) is 3.32. The molecule has 0 saturated carbocycles. The van der Waals surface area contributed by atoms with Crippen molar-refractivity contribution in [3.05, 3.63) is 53.1 Å². The second-order valence-electron chi connectivity index (χ2n) is 6.08. The lowest BCUT2D eigenvalue weighted by molar-refractivity contribution is -0.0341. The number of fused-ring (bicyclic) bond motifs is 1. The van der Waals surface area contributed by atoms with Crippen LogP contribution in [-0.4, -0.2) is 20.5 Å². The van der Waals surface area contributed by atoms with Crippen molar-refractivity contribution in [3.63, 3.8) is 0 Å². The van der Waals surface area contributed by atoms with Crippen molar-refractivity contribution in [2.24, 2.45) is 0 Å². The summed E-state index contributed by atoms with van der Waals surface area (Å²) in [6.07, 6.45) is 1.99. The van der Waals surface area contributed by atoms with E-state index in [1.165, 1.54) is 4.90 Å². The highest BCUT2D eigenvalue weighted by Crippen LogP contribution is 2.49. The first-order valence-corrected chi connectivity index (χ1v) is 8.81. The van der Waals surface area contributed by atoms with Crippen LogP contribution in [0.5, 0.6) is 11.5 Å². The minimum atomic E-state index is -0.363. The first-order chi connectivity index (χ1) is 11.0. The average molecular weight is 330 g/mol. The predicted octanol–water partition coefficient (Wildman–Crippen LogP) is 4.78. The molecule has 1 atom stereocenters. The van der Waals surface area contributed by atoms with Gasteiger partial charge in [-0.05, 0) is 61.1 Å². The lowest BCUT2D eigenvalue weighted by Gasteiger charge is -2.21. The molecule has 0 bridgehead atoms. The van der Waals surface area contributed by atoms with Gasteiger partial charge in [-0.3, -0.25) is 0 Å². The van der Waals surface area contributed by atoms with Crippen molar-refractivity contribution in [2.45, 2.75) is 30.4 Å². The molecule has 3 rings (SSSR count). The zero-order chi connectivity index (χ0) is 16.6. The van der Waals surface area contributed by atoms with Crippen molar-refractivity contribution in [2.75, 3.05) is 20.5 Å². The molecule has 0 amide bonds. The summed E-state index contributed by atoms with van der Waals surface area (Å²) in [6, 6.07) is 12.6. The van der Waals surface area contributed by atoms with Crippen molar-refractivity contribution >= 4 is 11.8 Å². The lowest BCUT2D eigenvalue weighted by Crippen LogP contribution is -2.16. The number of ether oxygens (including phenoxy) is 3. The van der Waals surface area contributed by atoms with Crippen LogP contribution >= 0.6 is 11.8 Å². The highest BCUT2D eigenvalue weighted by molar-refractivity contribution is 7.98. The quantitative estimate of drug-likeness (QED) is 0.754. The van der Waals surface area contributed by atoms with E-state index in [0.29, 0.717) is 0 Å². The summed E-state index contributed by atoms with van der Waals surface area (Å²) in [4.78, 5) is 1.25. The van der Waals surface area contributed by atoms with Gasteiger partial charge in [0.2, 0.25) is 0 Å². The summed E-state index contributed by atoms with van der Waals surface area (Å²) in [5, 5.41) is 0. The van der Waals surface area contributed by atoms with Crippen molar-refractivity contribution in [1.29, 1.82) is 0 Å². The Kier molecular flexibility index (Phi) is 4.30. The Hall–Kier alpha value is -1.65. The van der Waals surface area contributed by atoms with Gasteiger partial charge in [-0.2, -0.15) is 0 Å². The molecule has 0 aliphatic carbocycles. The molecule has 1 aliphatic rings. The van der Waals surface area contributed by atoms with Crippen LogP contribution in [0.25, 0.3) is 0 Å². The van der Waals surface area contributed by atoms with Crippen molar-refractivity contribution in [3.8, 4) is 11.5 Å². The van der Waals surface area contributed by atoms with E-state index in [2.05, 4.69) is 44.4 Å². The summed E-state index contributed by atoms with van der Waals surface area (Å²) in [5.74, 6) is 1.47. The van der Waals surface area contributed by atoms with Gasteiger partial charge in [-0.25, -0.2) is 0 Å². The Morgan fingerprint density at radius 2 is 1.61 bits per heavy atom. The molecule has 0 unspecified atom stereocenters. The monoisotopic (exact) mass is 330 g/mol. The van der Waals surface area contributed by atoms with Crippen LogP contribution in [0.4, 0.5) is 0 Å². The Balaban J connectivity index is 2.09. The lowest BCUT2D eigenvalue weighted by atomic mass is 9.92. The maximum atomic E-state index is 6.36. The molecule has 23 heavy (non-hydrogen) atoms. The second kappa shape index (κ2) is 6.10. The van der Waals surface area contributed by atoms with Gasteiger partial charge in [0.1, 0.15) is 6.10 Å². The van der Waals surface area contributed by atoms with E-state index in [9.17, 15) is 0 Å². The fraction of sp³-hybridized carbons (Fsp3) is 0.368. The summed E-state index contributed by atoms with van der Waals surface area (Å²) < 4.78 is 17.3. The number of rotatable bonds is 4. The highest BCUT2D eigenvalue weighted by atomic mass is 32.2. The molecule has 0 N–H and O–H groups in total. The third kappa shape index (κ3) is 2.81. The van der Waals surface area contributed by atoms with E-state index in [1.54, 1.807) is 26.0 Å². The number of hydrogen-bond donors (Lipinski definition) is 0. The fourth-order valence-corrected chi connectivity index (χ4v) is 3.49. The Labute approximate surface area is 142 Å². The minimum Gasteiger partial charge on any atom is -0.493 e. The van der Waals surface area contributed by atoms with E-state index in [1.807, 2.05) is 12.1 Å². The summed E-state index contributed by atoms with van der Waals surface area (Å²) in [5.41, 5.74) is 3.08. The fourth-order valence-electron chi connectivity index (χ4n) is 3.08. The van der Waals surface area contributed by atoms with Gasteiger partial charge in [-0.15, -0.1) is 11.8 Å². The van der Waals surface area contributed by atoms with Gasteiger partial charge < -0.3 is 14.2 Å². The molecule has 2 aromatic rings. The minimum absolute atomic E-state index is 0.0873. The van der Waals surface area contributed by atoms with E-state index in [4.69, 9.17) is 14.2 Å². The number of methoxy groups -OCH3 is 2. The third-order valence-corrected chi connectivity index (χ3v) is 5.06. The van der Waals surface area contributed by atoms with Gasteiger partial charge in [0.25, 0.3) is 0 Å². The topological polar surface area (TPSA) is 27.7 Å². The normalized spacial score (nSPS) is 18.6. The number of benzene rings is 2. The maximum absolute atomic E-state index is 6.36. The molecule has 122 valence electrons. The van der Waals surface area contributed by atoms with Crippen LogP contribution in [0.2, 0.25) is 0 Å². The van der Waals surface area contributed by atoms with Gasteiger partial charge in [0.15, 0.2) is 11.5 Å². The molecule has 0 spiro atoms. The smallest absolute Gasteiger partial charge is 0.161 e. The van der Waals surface area contributed by atoms with Crippen LogP contribution in [0.1, 0.15) is 36.6 Å². The number of thioether (sulfide) groups is 1. The van der Waals surface area contributed by atoms with Gasteiger partial charge >= 0.3 is 0 Å². The second-order valence-corrected chi connectivity index (χ2v) is 6.96. The summed E-state index contributed by atoms with van der Waals surface area (Å²) >= 11 is 1.74. The highest BCUT2D eigenvalue weighted by Gasteiger charge is 2.39. The Morgan fingerprint density at radius 1 is 1.00 bits per heavy atom. The molecule has 0 saturated heterocycles. The molecule has 0 radical (unpaired) electrons. The first-order valence-electron chi connectivity index (χ1n) is 7.58. The van der Waals surface area contributed by atoms with Gasteiger partial charge in [0, 0.05) is 4.90 Å². The molecular formula is C19H22O3S. The zero-order valence-electron chi connectivity index (χ0n) is 14.2. The molecule has 3 nitrogen and oxygen atoms in total. The van der Waals surface area contributed by atoms with Crippen LogP contribution < -0.4 is 9.47 Å². The standard InChI is InChI=1S/C19H22O3S/c1-19(2)15-11-17(21-4)16(20-3)10-14(15)18(22-19)12-6-8-13(23-5)9-7-12/h6-11,18H,1-5H3/t18-/m0/s1. The Morgan fingerprint density at radius 3 is 2.17 bits per heavy atom. The Bertz CT molecular complexity index is 707. The summed E-state index contributed by atoms with van der Waals surface area (Å²) in [6.45, 7) is 4.18. The van der Waals surface area contributed by atoms with Crippen LogP contribution in [-0.2, 0) is 10.3 Å². The zero-order valence-corrected chi connectivity index (χ0v) is 15.0. The third-order valence-electron chi connectivity index (χ3n) is 4.32. The molecule has 0 aromatic heterocycles. The van der Waals surface area contributed by atoms with Crippen molar-refractivity contribution in [1.82, 2.24) is 0 Å². The largest absolute Gasteiger partial charge is 0.493 e. The van der Waals surface area contributed by atoms with E-state index < -0.39 is 0 Å². The van der Waals surface area contributed by atoms with Crippen LogP contribution in [0, 0.1) is 0 Å². The SMILES string of the molecule is COc1cc2c(cc1OC)C(C)(C)O[C@H]2c1ccc(SC)cc1. The first kappa shape index (κ1) is 16.2.